The standard InChI is InChI=1S/C13H28N2O/c1-10(2)15(11(3)4)9-8-14-12-6-5-7-13(12)16/h10-14,16H,5-9H2,1-4H3/t12-,13-/m1/s1. The first-order valence-corrected chi connectivity index (χ1v) is 6.69. The van der Waals surface area contributed by atoms with Gasteiger partial charge in [0.15, 0.2) is 0 Å². The van der Waals surface area contributed by atoms with Gasteiger partial charge in [0.2, 0.25) is 0 Å². The second-order valence-electron chi connectivity index (χ2n) is 5.48. The predicted molar refractivity (Wildman–Crippen MR) is 68.6 cm³/mol. The van der Waals surface area contributed by atoms with E-state index in [1.54, 1.807) is 0 Å². The fraction of sp³-hybridized carbons (Fsp3) is 1.00. The molecular weight excluding hydrogens is 200 g/mol. The van der Waals surface area contributed by atoms with Crippen LogP contribution in [0.25, 0.3) is 0 Å². The number of hydrogen-bond acceptors (Lipinski definition) is 3. The molecule has 2 N–H and O–H groups in total. The Morgan fingerprint density at radius 3 is 2.25 bits per heavy atom. The summed E-state index contributed by atoms with van der Waals surface area (Å²) < 4.78 is 0. The van der Waals surface area contributed by atoms with Gasteiger partial charge in [-0.1, -0.05) is 0 Å². The molecule has 16 heavy (non-hydrogen) atoms. The third-order valence-electron chi connectivity index (χ3n) is 3.58. The van der Waals surface area contributed by atoms with E-state index in [9.17, 15) is 5.11 Å². The number of rotatable bonds is 6. The molecule has 0 aromatic carbocycles. The van der Waals surface area contributed by atoms with E-state index in [2.05, 4.69) is 37.9 Å². The van der Waals surface area contributed by atoms with E-state index in [-0.39, 0.29) is 6.10 Å². The maximum Gasteiger partial charge on any atom is 0.0693 e. The molecule has 0 heterocycles. The van der Waals surface area contributed by atoms with Crippen molar-refractivity contribution < 1.29 is 5.11 Å². The number of nitrogens with zero attached hydrogens (tertiary/aromatic N) is 1. The summed E-state index contributed by atoms with van der Waals surface area (Å²) >= 11 is 0. The summed E-state index contributed by atoms with van der Waals surface area (Å²) in [4.78, 5) is 2.48. The van der Waals surface area contributed by atoms with Gasteiger partial charge in [0, 0.05) is 31.2 Å². The molecule has 3 nitrogen and oxygen atoms in total. The minimum atomic E-state index is -0.119. The molecule has 0 amide bonds. The predicted octanol–water partition coefficient (Wildman–Crippen LogP) is 1.61. The smallest absolute Gasteiger partial charge is 0.0693 e. The molecule has 0 saturated heterocycles. The van der Waals surface area contributed by atoms with Crippen molar-refractivity contribution in [3.63, 3.8) is 0 Å². The molecule has 0 aromatic rings. The highest BCUT2D eigenvalue weighted by atomic mass is 16.3. The number of aliphatic hydroxyl groups is 1. The minimum absolute atomic E-state index is 0.119. The summed E-state index contributed by atoms with van der Waals surface area (Å²) in [6.07, 6.45) is 3.14. The molecule has 1 aliphatic rings. The normalized spacial score (nSPS) is 26.2. The second kappa shape index (κ2) is 6.58. The van der Waals surface area contributed by atoms with E-state index in [1.807, 2.05) is 0 Å². The third kappa shape index (κ3) is 4.04. The zero-order chi connectivity index (χ0) is 12.1. The van der Waals surface area contributed by atoms with Gasteiger partial charge in [0.1, 0.15) is 0 Å². The van der Waals surface area contributed by atoms with E-state index < -0.39 is 0 Å². The van der Waals surface area contributed by atoms with Crippen LogP contribution in [-0.4, -0.2) is 47.3 Å². The van der Waals surface area contributed by atoms with Gasteiger partial charge in [0.25, 0.3) is 0 Å². The summed E-state index contributed by atoms with van der Waals surface area (Å²) in [6.45, 7) is 11.0. The summed E-state index contributed by atoms with van der Waals surface area (Å²) in [5.41, 5.74) is 0. The lowest BCUT2D eigenvalue weighted by Gasteiger charge is -2.31. The molecule has 2 atom stereocenters. The highest BCUT2D eigenvalue weighted by Gasteiger charge is 2.24. The van der Waals surface area contributed by atoms with E-state index in [1.165, 1.54) is 0 Å². The van der Waals surface area contributed by atoms with Crippen LogP contribution < -0.4 is 5.32 Å². The van der Waals surface area contributed by atoms with Crippen molar-refractivity contribution in [2.75, 3.05) is 13.1 Å². The molecule has 1 aliphatic carbocycles. The quantitative estimate of drug-likeness (QED) is 0.725. The van der Waals surface area contributed by atoms with Crippen molar-refractivity contribution in [1.29, 1.82) is 0 Å². The molecule has 96 valence electrons. The summed E-state index contributed by atoms with van der Waals surface area (Å²) in [5.74, 6) is 0. The van der Waals surface area contributed by atoms with Crippen molar-refractivity contribution in [3.05, 3.63) is 0 Å². The first kappa shape index (κ1) is 13.9. The molecule has 0 unspecified atom stereocenters. The monoisotopic (exact) mass is 228 g/mol. The topological polar surface area (TPSA) is 35.5 Å². The lowest BCUT2D eigenvalue weighted by molar-refractivity contribution is 0.138. The maximum absolute atomic E-state index is 9.70. The fourth-order valence-corrected chi connectivity index (χ4v) is 2.67. The molecule has 0 aliphatic heterocycles. The van der Waals surface area contributed by atoms with Gasteiger partial charge in [-0.05, 0) is 47.0 Å². The van der Waals surface area contributed by atoms with Gasteiger partial charge in [0.05, 0.1) is 6.10 Å². The van der Waals surface area contributed by atoms with Crippen LogP contribution >= 0.6 is 0 Å². The van der Waals surface area contributed by atoms with Gasteiger partial charge in [-0.2, -0.15) is 0 Å². The van der Waals surface area contributed by atoms with E-state index in [0.717, 1.165) is 32.4 Å². The van der Waals surface area contributed by atoms with E-state index >= 15 is 0 Å². The summed E-state index contributed by atoms with van der Waals surface area (Å²) in [7, 11) is 0. The molecule has 0 radical (unpaired) electrons. The van der Waals surface area contributed by atoms with Crippen molar-refractivity contribution >= 4 is 0 Å². The molecule has 0 spiro atoms. The molecule has 1 saturated carbocycles. The molecular formula is C13H28N2O. The largest absolute Gasteiger partial charge is 0.392 e. The third-order valence-corrected chi connectivity index (χ3v) is 3.58. The lowest BCUT2D eigenvalue weighted by atomic mass is 10.2. The van der Waals surface area contributed by atoms with Crippen molar-refractivity contribution in [3.8, 4) is 0 Å². The summed E-state index contributed by atoms with van der Waals surface area (Å²) in [6, 6.07) is 1.52. The van der Waals surface area contributed by atoms with E-state index in [4.69, 9.17) is 0 Å². The van der Waals surface area contributed by atoms with Crippen molar-refractivity contribution in [1.82, 2.24) is 10.2 Å². The van der Waals surface area contributed by atoms with Crippen LogP contribution in [0.3, 0.4) is 0 Å². The Kier molecular flexibility index (Phi) is 5.73. The minimum Gasteiger partial charge on any atom is -0.392 e. The van der Waals surface area contributed by atoms with Gasteiger partial charge < -0.3 is 10.4 Å². The molecule has 1 rings (SSSR count). The van der Waals surface area contributed by atoms with Crippen molar-refractivity contribution in [2.24, 2.45) is 0 Å². The number of hydrogen-bond donors (Lipinski definition) is 2. The first-order chi connectivity index (χ1) is 7.52. The van der Waals surface area contributed by atoms with Crippen LogP contribution in [-0.2, 0) is 0 Å². The highest BCUT2D eigenvalue weighted by molar-refractivity contribution is 4.83. The van der Waals surface area contributed by atoms with Crippen LogP contribution in [0.5, 0.6) is 0 Å². The van der Waals surface area contributed by atoms with Gasteiger partial charge in [-0.3, -0.25) is 4.90 Å². The zero-order valence-electron chi connectivity index (χ0n) is 11.2. The lowest BCUT2D eigenvalue weighted by Crippen LogP contribution is -2.44. The van der Waals surface area contributed by atoms with Crippen LogP contribution in [0.4, 0.5) is 0 Å². The highest BCUT2D eigenvalue weighted by Crippen LogP contribution is 2.18. The Bertz CT molecular complexity index is 186. The molecule has 0 aromatic heterocycles. The van der Waals surface area contributed by atoms with Gasteiger partial charge in [-0.25, -0.2) is 0 Å². The molecule has 3 heteroatoms. The fourth-order valence-electron chi connectivity index (χ4n) is 2.67. The van der Waals surface area contributed by atoms with Crippen molar-refractivity contribution in [2.45, 2.75) is 71.2 Å². The Hall–Kier alpha value is -0.120. The average Bonchev–Trinajstić information content (AvgIpc) is 2.57. The molecule has 1 fully saturated rings. The van der Waals surface area contributed by atoms with Crippen LogP contribution in [0.2, 0.25) is 0 Å². The second-order valence-corrected chi connectivity index (χ2v) is 5.48. The molecule has 0 bridgehead atoms. The Labute approximate surface area is 100 Å². The van der Waals surface area contributed by atoms with Gasteiger partial charge >= 0.3 is 0 Å². The van der Waals surface area contributed by atoms with Crippen LogP contribution in [0, 0.1) is 0 Å². The van der Waals surface area contributed by atoms with Crippen LogP contribution in [0.1, 0.15) is 47.0 Å². The Morgan fingerprint density at radius 1 is 1.19 bits per heavy atom. The average molecular weight is 228 g/mol. The Morgan fingerprint density at radius 2 is 1.81 bits per heavy atom. The Balaban J connectivity index is 2.22. The summed E-state index contributed by atoms with van der Waals surface area (Å²) in [5, 5.41) is 13.2. The number of nitrogens with one attached hydrogen (secondary N) is 1. The van der Waals surface area contributed by atoms with E-state index in [0.29, 0.717) is 18.1 Å². The zero-order valence-corrected chi connectivity index (χ0v) is 11.2. The van der Waals surface area contributed by atoms with Gasteiger partial charge in [-0.15, -0.1) is 0 Å². The maximum atomic E-state index is 9.70. The first-order valence-electron chi connectivity index (χ1n) is 6.69. The number of aliphatic hydroxyl groups excluding tert-OH is 1. The SMILES string of the molecule is CC(C)N(CCN[C@@H]1CCC[C@H]1O)C(C)C. The van der Waals surface area contributed by atoms with Crippen LogP contribution in [0.15, 0.2) is 0 Å².